The Balaban J connectivity index is 2.93. The summed E-state index contributed by atoms with van der Waals surface area (Å²) >= 11 is 0. The molecule has 0 aliphatic carbocycles. The number of carboxylic acid groups (broad SMARTS) is 1. The van der Waals surface area contributed by atoms with Crippen LogP contribution in [0, 0.1) is 0 Å². The predicted octanol–water partition coefficient (Wildman–Crippen LogP) is 3.77. The third-order valence-corrected chi connectivity index (χ3v) is 2.29. The molecule has 0 heterocycles. The normalized spacial score (nSPS) is 12.3. The number of rotatable bonds is 4. The first-order valence-corrected chi connectivity index (χ1v) is 5.26. The number of benzene rings is 1. The Bertz CT molecular complexity index is 495. The Morgan fingerprint density at radius 3 is 2.20 bits per heavy atom. The SMILES string of the molecule is O=C(O)c1ccc(NCCC(F)(F)F)cc1C(F)(F)F. The second-order valence-electron chi connectivity index (χ2n) is 3.86. The van der Waals surface area contributed by atoms with Crippen LogP contribution in [-0.4, -0.2) is 23.8 Å². The lowest BCUT2D eigenvalue weighted by Crippen LogP contribution is -2.16. The van der Waals surface area contributed by atoms with Crippen LogP contribution in [0.15, 0.2) is 18.2 Å². The van der Waals surface area contributed by atoms with E-state index in [2.05, 4.69) is 5.32 Å². The summed E-state index contributed by atoms with van der Waals surface area (Å²) in [5.74, 6) is -1.76. The molecule has 1 aromatic rings. The summed E-state index contributed by atoms with van der Waals surface area (Å²) in [7, 11) is 0. The van der Waals surface area contributed by atoms with E-state index in [0.29, 0.717) is 12.1 Å². The molecule has 3 nitrogen and oxygen atoms in total. The van der Waals surface area contributed by atoms with Crippen LogP contribution in [0.4, 0.5) is 32.0 Å². The minimum Gasteiger partial charge on any atom is -0.478 e. The monoisotopic (exact) mass is 301 g/mol. The fourth-order valence-electron chi connectivity index (χ4n) is 1.42. The Hall–Kier alpha value is -1.93. The van der Waals surface area contributed by atoms with E-state index in [1.54, 1.807) is 0 Å². The maximum absolute atomic E-state index is 12.6. The van der Waals surface area contributed by atoms with Gasteiger partial charge in [0.2, 0.25) is 0 Å². The molecule has 0 saturated heterocycles. The van der Waals surface area contributed by atoms with Crippen molar-refractivity contribution in [2.45, 2.75) is 18.8 Å². The van der Waals surface area contributed by atoms with Crippen LogP contribution in [-0.2, 0) is 6.18 Å². The van der Waals surface area contributed by atoms with Gasteiger partial charge in [-0.15, -0.1) is 0 Å². The average molecular weight is 301 g/mol. The minimum absolute atomic E-state index is 0.230. The third-order valence-electron chi connectivity index (χ3n) is 2.29. The van der Waals surface area contributed by atoms with E-state index < -0.39 is 42.4 Å². The van der Waals surface area contributed by atoms with Gasteiger partial charge in [0, 0.05) is 12.2 Å². The van der Waals surface area contributed by atoms with E-state index in [1.165, 1.54) is 0 Å². The first-order valence-electron chi connectivity index (χ1n) is 5.26. The smallest absolute Gasteiger partial charge is 0.417 e. The molecule has 0 bridgehead atoms. The summed E-state index contributed by atoms with van der Waals surface area (Å²) in [5.41, 5.74) is -2.60. The van der Waals surface area contributed by atoms with Crippen molar-refractivity contribution in [3.05, 3.63) is 29.3 Å². The van der Waals surface area contributed by atoms with Crippen LogP contribution in [0.3, 0.4) is 0 Å². The number of alkyl halides is 6. The number of anilines is 1. The molecule has 1 aromatic carbocycles. The van der Waals surface area contributed by atoms with Gasteiger partial charge in [0.25, 0.3) is 0 Å². The molecule has 0 amide bonds. The van der Waals surface area contributed by atoms with Gasteiger partial charge in [0.15, 0.2) is 0 Å². The Kier molecular flexibility index (Phi) is 4.51. The first kappa shape index (κ1) is 16.1. The number of aromatic carboxylic acids is 1. The van der Waals surface area contributed by atoms with Crippen molar-refractivity contribution < 1.29 is 36.2 Å². The van der Waals surface area contributed by atoms with Crippen LogP contribution in [0.25, 0.3) is 0 Å². The molecule has 0 aromatic heterocycles. The van der Waals surface area contributed by atoms with Gasteiger partial charge in [-0.3, -0.25) is 0 Å². The first-order chi connectivity index (χ1) is 9.00. The highest BCUT2D eigenvalue weighted by Crippen LogP contribution is 2.34. The van der Waals surface area contributed by atoms with Gasteiger partial charge in [-0.1, -0.05) is 0 Å². The molecule has 0 radical (unpaired) electrons. The number of nitrogens with one attached hydrogen (secondary N) is 1. The van der Waals surface area contributed by atoms with Crippen molar-refractivity contribution >= 4 is 11.7 Å². The molecule has 0 unspecified atom stereocenters. The molecule has 20 heavy (non-hydrogen) atoms. The highest BCUT2D eigenvalue weighted by Gasteiger charge is 2.35. The fourth-order valence-corrected chi connectivity index (χ4v) is 1.42. The predicted molar refractivity (Wildman–Crippen MR) is 57.6 cm³/mol. The molecular formula is C11H9F6NO2. The van der Waals surface area contributed by atoms with Gasteiger partial charge in [0.05, 0.1) is 17.5 Å². The van der Waals surface area contributed by atoms with Crippen molar-refractivity contribution in [2.24, 2.45) is 0 Å². The number of hydrogen-bond donors (Lipinski definition) is 2. The maximum Gasteiger partial charge on any atom is 0.417 e. The lowest BCUT2D eigenvalue weighted by Gasteiger charge is -2.14. The van der Waals surface area contributed by atoms with E-state index in [9.17, 15) is 31.1 Å². The number of carbonyl (C=O) groups is 1. The van der Waals surface area contributed by atoms with Gasteiger partial charge in [-0.25, -0.2) is 4.79 Å². The summed E-state index contributed by atoms with van der Waals surface area (Å²) < 4.78 is 73.6. The zero-order valence-corrected chi connectivity index (χ0v) is 9.77. The molecule has 2 N–H and O–H groups in total. The second kappa shape index (κ2) is 5.59. The molecule has 1 rings (SSSR count). The Labute approximate surface area is 109 Å². The molecular weight excluding hydrogens is 292 g/mol. The van der Waals surface area contributed by atoms with Gasteiger partial charge in [0.1, 0.15) is 0 Å². The van der Waals surface area contributed by atoms with Crippen LogP contribution in [0.1, 0.15) is 22.3 Å². The van der Waals surface area contributed by atoms with Gasteiger partial charge in [-0.2, -0.15) is 26.3 Å². The molecule has 9 heteroatoms. The van der Waals surface area contributed by atoms with Crippen molar-refractivity contribution in [1.82, 2.24) is 0 Å². The zero-order valence-electron chi connectivity index (χ0n) is 9.77. The summed E-state index contributed by atoms with van der Waals surface area (Å²) in [6, 6.07) is 2.15. The quantitative estimate of drug-likeness (QED) is 0.832. The summed E-state index contributed by atoms with van der Waals surface area (Å²) in [4.78, 5) is 10.7. The lowest BCUT2D eigenvalue weighted by atomic mass is 10.1. The van der Waals surface area contributed by atoms with E-state index in [4.69, 9.17) is 5.11 Å². The minimum atomic E-state index is -4.91. The lowest BCUT2D eigenvalue weighted by molar-refractivity contribution is -0.138. The van der Waals surface area contributed by atoms with Crippen molar-refractivity contribution in [3.63, 3.8) is 0 Å². The summed E-state index contributed by atoms with van der Waals surface area (Å²) in [6.45, 7) is -0.604. The van der Waals surface area contributed by atoms with Crippen molar-refractivity contribution in [2.75, 3.05) is 11.9 Å². The number of carboxylic acids is 1. The molecule has 0 fully saturated rings. The van der Waals surface area contributed by atoms with Crippen molar-refractivity contribution in [3.8, 4) is 0 Å². The van der Waals surface area contributed by atoms with Crippen LogP contribution in [0.2, 0.25) is 0 Å². The van der Waals surface area contributed by atoms with E-state index in [0.717, 1.165) is 6.07 Å². The number of halogens is 6. The van der Waals surface area contributed by atoms with Gasteiger partial charge in [-0.05, 0) is 18.2 Å². The van der Waals surface area contributed by atoms with Crippen LogP contribution < -0.4 is 5.32 Å². The second-order valence-corrected chi connectivity index (χ2v) is 3.86. The van der Waals surface area contributed by atoms with E-state index in [-0.39, 0.29) is 5.69 Å². The summed E-state index contributed by atoms with van der Waals surface area (Å²) in [5, 5.41) is 10.8. The molecule has 0 saturated carbocycles. The average Bonchev–Trinajstić information content (AvgIpc) is 2.25. The number of hydrogen-bond acceptors (Lipinski definition) is 2. The van der Waals surface area contributed by atoms with Crippen LogP contribution >= 0.6 is 0 Å². The topological polar surface area (TPSA) is 49.3 Å². The molecule has 0 aliphatic heterocycles. The highest BCUT2D eigenvalue weighted by molar-refractivity contribution is 5.90. The Morgan fingerprint density at radius 1 is 1.15 bits per heavy atom. The van der Waals surface area contributed by atoms with Crippen molar-refractivity contribution in [1.29, 1.82) is 0 Å². The van der Waals surface area contributed by atoms with Crippen LogP contribution in [0.5, 0.6) is 0 Å². The standard InChI is InChI=1S/C11H9F6NO2/c12-10(13,14)3-4-18-6-1-2-7(9(19)20)8(5-6)11(15,16)17/h1-2,5,18H,3-4H2,(H,19,20). The van der Waals surface area contributed by atoms with E-state index in [1.807, 2.05) is 0 Å². The largest absolute Gasteiger partial charge is 0.478 e. The molecule has 0 aliphatic rings. The van der Waals surface area contributed by atoms with Gasteiger partial charge >= 0.3 is 18.3 Å². The molecule has 0 atom stereocenters. The maximum atomic E-state index is 12.6. The van der Waals surface area contributed by atoms with E-state index >= 15 is 0 Å². The third kappa shape index (κ3) is 4.63. The fraction of sp³-hybridized carbons (Fsp3) is 0.364. The Morgan fingerprint density at radius 2 is 1.75 bits per heavy atom. The summed E-state index contributed by atoms with van der Waals surface area (Å²) in [6.07, 6.45) is -10.6. The molecule has 112 valence electrons. The van der Waals surface area contributed by atoms with Gasteiger partial charge < -0.3 is 10.4 Å². The highest BCUT2D eigenvalue weighted by atomic mass is 19.4. The molecule has 0 spiro atoms. The zero-order chi connectivity index (χ0) is 15.6.